The third kappa shape index (κ3) is 6.77. The summed E-state index contributed by atoms with van der Waals surface area (Å²) in [6, 6.07) is 7.67. The Bertz CT molecular complexity index is 1600. The zero-order valence-corrected chi connectivity index (χ0v) is 25.8. The van der Waals surface area contributed by atoms with Crippen LogP contribution in [0.4, 0.5) is 20.6 Å². The van der Waals surface area contributed by atoms with Crippen LogP contribution in [-0.2, 0) is 29.0 Å². The number of carbonyl (C=O) groups is 3. The van der Waals surface area contributed by atoms with Gasteiger partial charge in [0.2, 0.25) is 5.43 Å². The van der Waals surface area contributed by atoms with Gasteiger partial charge in [0.05, 0.1) is 23.1 Å². The lowest BCUT2D eigenvalue weighted by atomic mass is 9.97. The molecule has 1 amide bonds. The number of nitrogens with one attached hydrogen (secondary N) is 1. The van der Waals surface area contributed by atoms with E-state index in [0.29, 0.717) is 43.9 Å². The Balaban J connectivity index is 0.00000141. The van der Waals surface area contributed by atoms with Crippen LogP contribution in [0, 0.1) is 12.7 Å². The Hall–Kier alpha value is -4.25. The molecule has 1 unspecified atom stereocenters. The number of cyclic esters (lactones) is 1. The van der Waals surface area contributed by atoms with Gasteiger partial charge in [-0.1, -0.05) is 19.4 Å². The number of likely N-dealkylation sites (N-methyl/N-ethyl adjacent to an activating group) is 1. The minimum absolute atomic E-state index is 0.119. The Labute approximate surface area is 256 Å². The van der Waals surface area contributed by atoms with Gasteiger partial charge in [-0.2, -0.15) is 0 Å². The number of ether oxygens (including phenoxy) is 1. The highest BCUT2D eigenvalue weighted by molar-refractivity contribution is 5.95. The van der Waals surface area contributed by atoms with Crippen molar-refractivity contribution in [2.45, 2.75) is 72.1 Å². The van der Waals surface area contributed by atoms with Gasteiger partial charge in [0.1, 0.15) is 23.8 Å². The molecule has 2 aliphatic rings. The molecule has 1 atom stereocenters. The first-order valence-corrected chi connectivity index (χ1v) is 15.1. The van der Waals surface area contributed by atoms with Crippen molar-refractivity contribution in [2.24, 2.45) is 0 Å². The maximum absolute atomic E-state index is 16.0. The molecular formula is C33H41FN4O6. The number of anilines is 2. The number of aromatic nitrogens is 1. The number of unbranched alkanes of at least 4 members (excludes halogenated alkanes) is 1. The van der Waals surface area contributed by atoms with Crippen molar-refractivity contribution in [3.05, 3.63) is 68.8 Å². The lowest BCUT2D eigenvalue weighted by Crippen LogP contribution is -2.30. The second-order valence-electron chi connectivity index (χ2n) is 11.2. The molecule has 1 fully saturated rings. The van der Waals surface area contributed by atoms with Gasteiger partial charge in [0.25, 0.3) is 0 Å². The molecule has 1 aromatic heterocycles. The van der Waals surface area contributed by atoms with E-state index in [0.717, 1.165) is 55.2 Å². The van der Waals surface area contributed by atoms with E-state index < -0.39 is 17.2 Å². The number of aromatic carboxylic acids is 1. The molecule has 2 aromatic carbocycles. The number of fused-ring (bicyclic) bond motifs is 2. The van der Waals surface area contributed by atoms with E-state index in [1.54, 1.807) is 22.5 Å². The van der Waals surface area contributed by atoms with Gasteiger partial charge >= 0.3 is 12.1 Å². The Kier molecular flexibility index (Phi) is 10.7. The van der Waals surface area contributed by atoms with Crippen molar-refractivity contribution in [3.8, 4) is 0 Å². The zero-order valence-electron chi connectivity index (χ0n) is 25.8. The third-order valence-corrected chi connectivity index (χ3v) is 8.14. The summed E-state index contributed by atoms with van der Waals surface area (Å²) in [6.45, 7) is 7.74. The van der Waals surface area contributed by atoms with Crippen molar-refractivity contribution in [1.82, 2.24) is 9.88 Å². The number of hydrogen-bond acceptors (Lipinski definition) is 7. The first kappa shape index (κ1) is 32.7. The van der Waals surface area contributed by atoms with E-state index in [1.165, 1.54) is 13.1 Å². The molecule has 0 saturated carbocycles. The van der Waals surface area contributed by atoms with Crippen molar-refractivity contribution < 1.29 is 28.6 Å². The van der Waals surface area contributed by atoms with Crippen LogP contribution in [-0.4, -0.2) is 60.8 Å². The lowest BCUT2D eigenvalue weighted by molar-refractivity contribution is -0.106. The molecule has 44 heavy (non-hydrogen) atoms. The number of rotatable bonds is 8. The Morgan fingerprint density at radius 3 is 2.64 bits per heavy atom. The number of halogens is 1. The van der Waals surface area contributed by atoms with Gasteiger partial charge in [0, 0.05) is 43.6 Å². The quantitative estimate of drug-likeness (QED) is 0.341. The van der Waals surface area contributed by atoms with Crippen molar-refractivity contribution in [1.29, 1.82) is 0 Å². The minimum atomic E-state index is -1.31. The van der Waals surface area contributed by atoms with Crippen LogP contribution in [0.2, 0.25) is 0 Å². The highest BCUT2D eigenvalue weighted by Gasteiger charge is 2.32. The van der Waals surface area contributed by atoms with Crippen LogP contribution in [0.5, 0.6) is 0 Å². The maximum Gasteiger partial charge on any atom is 0.414 e. The van der Waals surface area contributed by atoms with Crippen LogP contribution in [0.3, 0.4) is 0 Å². The lowest BCUT2D eigenvalue weighted by Gasteiger charge is -2.30. The number of nitrogens with zero attached hydrogens (tertiary/aromatic N) is 3. The highest BCUT2D eigenvalue weighted by Crippen LogP contribution is 2.33. The molecule has 11 heteroatoms. The fourth-order valence-corrected chi connectivity index (χ4v) is 5.93. The van der Waals surface area contributed by atoms with Crippen LogP contribution >= 0.6 is 0 Å². The predicted molar refractivity (Wildman–Crippen MR) is 168 cm³/mol. The molecule has 0 spiro atoms. The SMILES string of the molecule is CC=O.CCCCn1cc(C(=O)O)c(=O)c2c(C)c(F)c(N3CCCCc4cc(N5CC(CNC)OC5=O)ccc4C3)cc21. The molecule has 10 nitrogen and oxygen atoms in total. The van der Waals surface area contributed by atoms with Gasteiger partial charge < -0.3 is 29.4 Å². The summed E-state index contributed by atoms with van der Waals surface area (Å²) in [5.41, 5.74) is 3.06. The molecule has 3 aromatic rings. The number of carboxylic acids is 1. The Morgan fingerprint density at radius 2 is 1.95 bits per heavy atom. The second-order valence-corrected chi connectivity index (χ2v) is 11.2. The molecular weight excluding hydrogens is 567 g/mol. The second kappa shape index (κ2) is 14.5. The van der Waals surface area contributed by atoms with Crippen LogP contribution < -0.4 is 20.5 Å². The van der Waals surface area contributed by atoms with Gasteiger partial charge in [0.15, 0.2) is 0 Å². The number of carboxylic acid groups (broad SMARTS) is 1. The minimum Gasteiger partial charge on any atom is -0.477 e. The smallest absolute Gasteiger partial charge is 0.414 e. The monoisotopic (exact) mass is 608 g/mol. The average molecular weight is 609 g/mol. The van der Waals surface area contributed by atoms with E-state index in [9.17, 15) is 19.5 Å². The van der Waals surface area contributed by atoms with E-state index >= 15 is 4.39 Å². The molecule has 0 bridgehead atoms. The van der Waals surface area contributed by atoms with Gasteiger partial charge in [-0.15, -0.1) is 0 Å². The predicted octanol–water partition coefficient (Wildman–Crippen LogP) is 5.04. The largest absolute Gasteiger partial charge is 0.477 e. The van der Waals surface area contributed by atoms with Crippen molar-refractivity contribution >= 4 is 40.6 Å². The molecule has 0 aliphatic carbocycles. The molecule has 1 saturated heterocycles. The van der Waals surface area contributed by atoms with E-state index in [-0.39, 0.29) is 28.7 Å². The summed E-state index contributed by atoms with van der Waals surface area (Å²) >= 11 is 0. The Morgan fingerprint density at radius 1 is 1.20 bits per heavy atom. The molecule has 236 valence electrons. The fourth-order valence-electron chi connectivity index (χ4n) is 5.93. The summed E-state index contributed by atoms with van der Waals surface area (Å²) in [4.78, 5) is 49.9. The normalized spacial score (nSPS) is 16.5. The molecule has 2 aliphatic heterocycles. The van der Waals surface area contributed by atoms with E-state index in [4.69, 9.17) is 9.53 Å². The summed E-state index contributed by atoms with van der Waals surface area (Å²) in [5.74, 6) is -1.82. The summed E-state index contributed by atoms with van der Waals surface area (Å²) in [5, 5.41) is 12.8. The van der Waals surface area contributed by atoms with Gasteiger partial charge in [-0.05, 0) is 75.9 Å². The van der Waals surface area contributed by atoms with Gasteiger partial charge in [-0.3, -0.25) is 9.69 Å². The fraction of sp³-hybridized carbons (Fsp3) is 0.455. The van der Waals surface area contributed by atoms with Crippen LogP contribution in [0.15, 0.2) is 35.3 Å². The van der Waals surface area contributed by atoms with Crippen molar-refractivity contribution in [3.63, 3.8) is 0 Å². The number of benzene rings is 2. The number of amides is 1. The number of aldehydes is 1. The standard InChI is InChI=1S/C31H37FN4O5.C2H4O/c1-4-5-11-35-18-24(30(38)39)29(37)27-19(2)28(32)26(14-25(27)35)34-12-7-6-8-20-13-22(10-9-21(20)16-34)36-17-23(15-33-3)41-31(36)40;1-2-3/h9-10,13-14,18,23,33H,4-8,11-12,15-17H2,1-3H3,(H,38,39);2H,1H3. The van der Waals surface area contributed by atoms with E-state index in [2.05, 4.69) is 5.32 Å². The maximum atomic E-state index is 16.0. The van der Waals surface area contributed by atoms with Crippen molar-refractivity contribution in [2.75, 3.05) is 36.5 Å². The number of carbonyl (C=O) groups excluding carboxylic acids is 2. The summed E-state index contributed by atoms with van der Waals surface area (Å²) in [6.07, 6.45) is 5.86. The number of hydrogen-bond donors (Lipinski definition) is 2. The first-order valence-electron chi connectivity index (χ1n) is 15.1. The van der Waals surface area contributed by atoms with Crippen LogP contribution in [0.1, 0.15) is 66.6 Å². The first-order chi connectivity index (χ1) is 21.1. The highest BCUT2D eigenvalue weighted by atomic mass is 19.1. The average Bonchev–Trinajstić information content (AvgIpc) is 3.35. The topological polar surface area (TPSA) is 121 Å². The van der Waals surface area contributed by atoms with E-state index in [1.807, 2.05) is 37.1 Å². The molecule has 5 rings (SSSR count). The molecule has 2 N–H and O–H groups in total. The summed E-state index contributed by atoms with van der Waals surface area (Å²) in [7, 11) is 1.82. The van der Waals surface area contributed by atoms with Gasteiger partial charge in [-0.25, -0.2) is 14.0 Å². The zero-order chi connectivity index (χ0) is 32.0. The summed E-state index contributed by atoms with van der Waals surface area (Å²) < 4.78 is 23.3. The van der Waals surface area contributed by atoms with Crippen LogP contribution in [0.25, 0.3) is 10.9 Å². The molecule has 3 heterocycles. The number of aryl methyl sites for hydroxylation is 3. The number of pyridine rings is 1. The third-order valence-electron chi connectivity index (χ3n) is 8.14. The molecule has 0 radical (unpaired) electrons.